The second kappa shape index (κ2) is 9.99. The van der Waals surface area contributed by atoms with Crippen molar-refractivity contribution in [1.82, 2.24) is 20.1 Å². The maximum absolute atomic E-state index is 13.6. The van der Waals surface area contributed by atoms with Gasteiger partial charge in [0, 0.05) is 30.4 Å². The topological polar surface area (TPSA) is 80.1 Å². The Bertz CT molecular complexity index is 1150. The molecular formula is C20H17BrCl3N5O2. The van der Waals surface area contributed by atoms with Crippen LogP contribution < -0.4 is 10.2 Å². The molecule has 2 aromatic heterocycles. The summed E-state index contributed by atoms with van der Waals surface area (Å²) in [6.45, 7) is 4.19. The van der Waals surface area contributed by atoms with E-state index in [4.69, 9.17) is 34.8 Å². The number of aromatic nitrogens is 3. The highest BCUT2D eigenvalue weighted by atomic mass is 79.9. The van der Waals surface area contributed by atoms with E-state index >= 15 is 0 Å². The molecular weight excluding hydrogens is 529 g/mol. The maximum atomic E-state index is 13.6. The highest BCUT2D eigenvalue weighted by Crippen LogP contribution is 2.35. The molecule has 0 fully saturated rings. The zero-order valence-corrected chi connectivity index (χ0v) is 20.3. The number of nitrogens with zero attached hydrogens (tertiary/aromatic N) is 4. The first-order chi connectivity index (χ1) is 14.8. The van der Waals surface area contributed by atoms with Crippen LogP contribution in [0.25, 0.3) is 5.82 Å². The van der Waals surface area contributed by atoms with Crippen LogP contribution in [0.4, 0.5) is 5.69 Å². The number of benzene rings is 1. The lowest BCUT2D eigenvalue weighted by Crippen LogP contribution is -2.35. The molecule has 1 aromatic carbocycles. The third-order valence-corrected chi connectivity index (χ3v) is 5.47. The summed E-state index contributed by atoms with van der Waals surface area (Å²) in [7, 11) is 0. The van der Waals surface area contributed by atoms with Crippen molar-refractivity contribution in [1.29, 1.82) is 0 Å². The molecule has 0 aliphatic carbocycles. The van der Waals surface area contributed by atoms with Crippen LogP contribution in [0.1, 0.15) is 34.7 Å². The summed E-state index contributed by atoms with van der Waals surface area (Å²) in [6.07, 6.45) is 1.55. The van der Waals surface area contributed by atoms with Gasteiger partial charge in [0.25, 0.3) is 11.8 Å². The van der Waals surface area contributed by atoms with Crippen LogP contribution in [0.5, 0.6) is 0 Å². The standard InChI is InChI=1S/C20H17BrCl3N5O2/c1-3-25-19(30)12-8-11(22)9-14(24)17(12)28(4-2)20(31)15-10-16(21)27-29(15)18-13(23)6-5-7-26-18/h5-10H,3-4H2,1-2H3,(H,25,30). The van der Waals surface area contributed by atoms with Crippen LogP contribution in [-0.2, 0) is 0 Å². The number of rotatable bonds is 6. The number of pyridine rings is 1. The van der Waals surface area contributed by atoms with Gasteiger partial charge in [-0.1, -0.05) is 34.8 Å². The van der Waals surface area contributed by atoms with Crippen molar-refractivity contribution in [2.24, 2.45) is 0 Å². The smallest absolute Gasteiger partial charge is 0.277 e. The highest BCUT2D eigenvalue weighted by molar-refractivity contribution is 9.10. The monoisotopic (exact) mass is 543 g/mol. The van der Waals surface area contributed by atoms with E-state index in [-0.39, 0.29) is 33.5 Å². The lowest BCUT2D eigenvalue weighted by atomic mass is 10.1. The van der Waals surface area contributed by atoms with Crippen LogP contribution in [-0.4, -0.2) is 39.7 Å². The molecule has 0 aliphatic rings. The van der Waals surface area contributed by atoms with E-state index in [1.807, 2.05) is 0 Å². The lowest BCUT2D eigenvalue weighted by molar-refractivity contribution is 0.0956. The Morgan fingerprint density at radius 2 is 1.90 bits per heavy atom. The largest absolute Gasteiger partial charge is 0.352 e. The average molecular weight is 546 g/mol. The number of carbonyl (C=O) groups is 2. The summed E-state index contributed by atoms with van der Waals surface area (Å²) in [4.78, 5) is 31.9. The van der Waals surface area contributed by atoms with Gasteiger partial charge in [-0.3, -0.25) is 9.59 Å². The van der Waals surface area contributed by atoms with E-state index in [0.717, 1.165) is 0 Å². The van der Waals surface area contributed by atoms with Gasteiger partial charge in [-0.15, -0.1) is 0 Å². The molecule has 11 heteroatoms. The average Bonchev–Trinajstić information content (AvgIpc) is 3.11. The summed E-state index contributed by atoms with van der Waals surface area (Å²) in [5, 5.41) is 7.80. The van der Waals surface area contributed by atoms with Gasteiger partial charge in [0.2, 0.25) is 0 Å². The fourth-order valence-corrected chi connectivity index (χ4v) is 4.18. The quantitative estimate of drug-likeness (QED) is 0.450. The van der Waals surface area contributed by atoms with Gasteiger partial charge in [0.05, 0.1) is 21.3 Å². The Morgan fingerprint density at radius 3 is 2.55 bits per heavy atom. The fraction of sp³-hybridized carbons (Fsp3) is 0.200. The van der Waals surface area contributed by atoms with E-state index < -0.39 is 11.8 Å². The predicted octanol–water partition coefficient (Wildman–Crippen LogP) is 5.41. The number of halogens is 4. The maximum Gasteiger partial charge on any atom is 0.277 e. The van der Waals surface area contributed by atoms with Crippen molar-refractivity contribution in [2.75, 3.05) is 18.0 Å². The van der Waals surface area contributed by atoms with E-state index in [1.165, 1.54) is 21.7 Å². The molecule has 3 rings (SSSR count). The normalized spacial score (nSPS) is 10.8. The molecule has 3 aromatic rings. The van der Waals surface area contributed by atoms with Gasteiger partial charge in [-0.05, 0) is 54.0 Å². The van der Waals surface area contributed by atoms with E-state index in [2.05, 4.69) is 31.3 Å². The minimum Gasteiger partial charge on any atom is -0.352 e. The molecule has 0 spiro atoms. The Kier molecular flexibility index (Phi) is 7.59. The van der Waals surface area contributed by atoms with Crippen LogP contribution >= 0.6 is 50.7 Å². The zero-order chi connectivity index (χ0) is 22.7. The molecule has 31 heavy (non-hydrogen) atoms. The molecule has 2 heterocycles. The van der Waals surface area contributed by atoms with Gasteiger partial charge in [-0.2, -0.15) is 5.10 Å². The van der Waals surface area contributed by atoms with E-state index in [1.54, 1.807) is 38.2 Å². The zero-order valence-electron chi connectivity index (χ0n) is 16.5. The second-order valence-corrected chi connectivity index (χ2v) is 8.33. The summed E-state index contributed by atoms with van der Waals surface area (Å²) >= 11 is 22.1. The number of amides is 2. The first-order valence-corrected chi connectivity index (χ1v) is 11.2. The fourth-order valence-electron chi connectivity index (χ4n) is 3.01. The van der Waals surface area contributed by atoms with Crippen molar-refractivity contribution >= 4 is 68.2 Å². The molecule has 2 amide bonds. The molecule has 0 radical (unpaired) electrons. The summed E-state index contributed by atoms with van der Waals surface area (Å²) < 4.78 is 1.76. The van der Waals surface area contributed by atoms with E-state index in [0.29, 0.717) is 22.0 Å². The van der Waals surface area contributed by atoms with Crippen molar-refractivity contribution in [3.8, 4) is 5.82 Å². The van der Waals surface area contributed by atoms with Gasteiger partial charge >= 0.3 is 0 Å². The molecule has 0 unspecified atom stereocenters. The number of hydrogen-bond donors (Lipinski definition) is 1. The summed E-state index contributed by atoms with van der Waals surface area (Å²) in [5.74, 6) is -0.548. The Balaban J connectivity index is 2.15. The second-order valence-electron chi connectivity index (χ2n) is 6.27. The van der Waals surface area contributed by atoms with Gasteiger partial charge < -0.3 is 10.2 Å². The third kappa shape index (κ3) is 4.87. The minimum absolute atomic E-state index is 0.171. The number of hydrogen-bond acceptors (Lipinski definition) is 4. The predicted molar refractivity (Wildman–Crippen MR) is 126 cm³/mol. The van der Waals surface area contributed by atoms with Crippen LogP contribution in [0, 0.1) is 0 Å². The highest BCUT2D eigenvalue weighted by Gasteiger charge is 2.28. The SMILES string of the molecule is CCNC(=O)c1cc(Cl)cc(Cl)c1N(CC)C(=O)c1cc(Br)nn1-c1ncccc1Cl. The first-order valence-electron chi connectivity index (χ1n) is 9.24. The molecule has 0 saturated heterocycles. The first kappa shape index (κ1) is 23.5. The third-order valence-electron chi connectivity index (χ3n) is 4.28. The van der Waals surface area contributed by atoms with Crippen molar-refractivity contribution in [2.45, 2.75) is 13.8 Å². The van der Waals surface area contributed by atoms with Gasteiger partial charge in [-0.25, -0.2) is 9.67 Å². The number of anilines is 1. The van der Waals surface area contributed by atoms with Crippen molar-refractivity contribution in [3.63, 3.8) is 0 Å². The number of nitrogens with one attached hydrogen (secondary N) is 1. The molecule has 7 nitrogen and oxygen atoms in total. The summed E-state index contributed by atoms with van der Waals surface area (Å²) in [5.41, 5.74) is 0.623. The molecule has 0 saturated carbocycles. The molecule has 0 aliphatic heterocycles. The Hall–Kier alpha value is -2.13. The molecule has 0 atom stereocenters. The molecule has 1 N–H and O–H groups in total. The van der Waals surface area contributed by atoms with Gasteiger partial charge in [0.15, 0.2) is 5.82 Å². The lowest BCUT2D eigenvalue weighted by Gasteiger charge is -2.25. The molecule has 162 valence electrons. The minimum atomic E-state index is -0.447. The van der Waals surface area contributed by atoms with Crippen molar-refractivity contribution < 1.29 is 9.59 Å². The van der Waals surface area contributed by atoms with Gasteiger partial charge in [0.1, 0.15) is 10.3 Å². The van der Waals surface area contributed by atoms with Crippen LogP contribution in [0.15, 0.2) is 41.1 Å². The molecule has 0 bridgehead atoms. The van der Waals surface area contributed by atoms with Crippen LogP contribution in [0.2, 0.25) is 15.1 Å². The number of carbonyl (C=O) groups excluding carboxylic acids is 2. The summed E-state index contributed by atoms with van der Waals surface area (Å²) in [6, 6.07) is 7.84. The Labute approximate surface area is 202 Å². The van der Waals surface area contributed by atoms with Crippen LogP contribution in [0.3, 0.4) is 0 Å². The van der Waals surface area contributed by atoms with Crippen molar-refractivity contribution in [3.05, 3.63) is 67.5 Å². The van der Waals surface area contributed by atoms with E-state index in [9.17, 15) is 9.59 Å². The Morgan fingerprint density at radius 1 is 1.16 bits per heavy atom.